The van der Waals surface area contributed by atoms with Crippen molar-refractivity contribution in [2.75, 3.05) is 32.0 Å². The minimum absolute atomic E-state index is 0.0837. The number of nitrogens with one attached hydrogen (secondary N) is 1. The van der Waals surface area contributed by atoms with E-state index in [0.29, 0.717) is 35.4 Å². The van der Waals surface area contributed by atoms with Crippen molar-refractivity contribution in [2.45, 2.75) is 44.3 Å². The smallest absolute Gasteiger partial charge is 0.261 e. The summed E-state index contributed by atoms with van der Waals surface area (Å²) >= 11 is 0. The van der Waals surface area contributed by atoms with Gasteiger partial charge in [0, 0.05) is 31.4 Å². The van der Waals surface area contributed by atoms with Crippen LogP contribution in [-0.2, 0) is 11.3 Å². The van der Waals surface area contributed by atoms with Crippen LogP contribution in [0, 0.1) is 0 Å². The molecule has 2 aromatic rings. The lowest BCUT2D eigenvalue weighted by molar-refractivity contribution is -0.117. The molecular weight excluding hydrogens is 416 g/mol. The Balaban J connectivity index is 1.23. The van der Waals surface area contributed by atoms with Crippen LogP contribution in [-0.4, -0.2) is 71.2 Å². The highest BCUT2D eigenvalue weighted by atomic mass is 16.2. The fourth-order valence-corrected chi connectivity index (χ4v) is 5.61. The molecule has 0 saturated carbocycles. The van der Waals surface area contributed by atoms with Crippen molar-refractivity contribution in [1.29, 1.82) is 0 Å². The maximum atomic E-state index is 12.9. The number of carbonyl (C=O) groups excluding carboxylic acids is 3. The van der Waals surface area contributed by atoms with Crippen LogP contribution in [0.1, 0.15) is 52.0 Å². The first-order valence-corrected chi connectivity index (χ1v) is 11.8. The van der Waals surface area contributed by atoms with Crippen LogP contribution < -0.4 is 5.32 Å². The molecule has 0 radical (unpaired) electrons. The zero-order valence-corrected chi connectivity index (χ0v) is 19.0. The topological polar surface area (TPSA) is 73.0 Å². The number of nitrogens with zero attached hydrogens (tertiary/aromatic N) is 3. The predicted octanol–water partition coefficient (Wildman–Crippen LogP) is 2.98. The standard InChI is InChI=1S/C26H30N4O3/c1-28-25(32)20-12-11-19(15-21(20)26(28)33)27-24(31)17-30-14-6-10-23(30)22-9-5-13-29(22)16-18-7-3-2-4-8-18/h2-4,7-8,11-12,15,22-23H,5-6,9-10,13-14,16-17H2,1H3,(H,27,31). The summed E-state index contributed by atoms with van der Waals surface area (Å²) in [5.74, 6) is -0.713. The van der Waals surface area contributed by atoms with Crippen LogP contribution in [0.15, 0.2) is 48.5 Å². The van der Waals surface area contributed by atoms with Gasteiger partial charge in [0.1, 0.15) is 0 Å². The van der Waals surface area contributed by atoms with E-state index in [1.807, 2.05) is 0 Å². The number of amides is 3. The molecule has 0 aliphatic carbocycles. The Labute approximate surface area is 194 Å². The fourth-order valence-electron chi connectivity index (χ4n) is 5.61. The van der Waals surface area contributed by atoms with Gasteiger partial charge in [0.2, 0.25) is 5.91 Å². The van der Waals surface area contributed by atoms with Crippen LogP contribution in [0.2, 0.25) is 0 Å². The molecule has 0 bridgehead atoms. The van der Waals surface area contributed by atoms with E-state index in [4.69, 9.17) is 0 Å². The number of fused-ring (bicyclic) bond motifs is 1. The minimum atomic E-state index is -0.328. The second-order valence-corrected chi connectivity index (χ2v) is 9.32. The van der Waals surface area contributed by atoms with Gasteiger partial charge in [0.25, 0.3) is 11.8 Å². The molecule has 172 valence electrons. The molecule has 5 rings (SSSR count). The second kappa shape index (κ2) is 9.08. The zero-order valence-electron chi connectivity index (χ0n) is 19.0. The highest BCUT2D eigenvalue weighted by molar-refractivity contribution is 6.21. The van der Waals surface area contributed by atoms with E-state index in [1.54, 1.807) is 18.2 Å². The van der Waals surface area contributed by atoms with E-state index >= 15 is 0 Å². The molecular formula is C26H30N4O3. The summed E-state index contributed by atoms with van der Waals surface area (Å²) in [5.41, 5.74) is 2.63. The first kappa shape index (κ1) is 21.8. The lowest BCUT2D eigenvalue weighted by atomic mass is 10.0. The van der Waals surface area contributed by atoms with Gasteiger partial charge in [-0.05, 0) is 62.5 Å². The molecule has 2 saturated heterocycles. The summed E-state index contributed by atoms with van der Waals surface area (Å²) in [6, 6.07) is 16.4. The third-order valence-electron chi connectivity index (χ3n) is 7.22. The fraction of sp³-hybridized carbons (Fsp3) is 0.423. The number of rotatable bonds is 6. The average Bonchev–Trinajstić information content (AvgIpc) is 3.51. The Kier molecular flexibility index (Phi) is 6.00. The molecule has 2 aromatic carbocycles. The Morgan fingerprint density at radius 2 is 1.58 bits per heavy atom. The van der Waals surface area contributed by atoms with Crippen molar-refractivity contribution in [3.8, 4) is 0 Å². The summed E-state index contributed by atoms with van der Waals surface area (Å²) in [6.07, 6.45) is 4.59. The Hall–Kier alpha value is -3.03. The van der Waals surface area contributed by atoms with Gasteiger partial charge < -0.3 is 5.32 Å². The number of benzene rings is 2. The number of hydrogen-bond acceptors (Lipinski definition) is 5. The van der Waals surface area contributed by atoms with Crippen molar-refractivity contribution in [2.24, 2.45) is 0 Å². The predicted molar refractivity (Wildman–Crippen MR) is 126 cm³/mol. The molecule has 2 unspecified atom stereocenters. The number of hydrogen-bond donors (Lipinski definition) is 1. The number of anilines is 1. The summed E-state index contributed by atoms with van der Waals surface area (Å²) in [7, 11) is 1.47. The molecule has 3 aliphatic rings. The maximum Gasteiger partial charge on any atom is 0.261 e. The van der Waals surface area contributed by atoms with Crippen LogP contribution in [0.3, 0.4) is 0 Å². The molecule has 3 heterocycles. The maximum absolute atomic E-state index is 12.9. The van der Waals surface area contributed by atoms with Crippen molar-refractivity contribution in [3.63, 3.8) is 0 Å². The Morgan fingerprint density at radius 3 is 2.33 bits per heavy atom. The van der Waals surface area contributed by atoms with Gasteiger partial charge in [-0.3, -0.25) is 29.1 Å². The Morgan fingerprint density at radius 1 is 0.909 bits per heavy atom. The minimum Gasteiger partial charge on any atom is -0.325 e. The first-order valence-electron chi connectivity index (χ1n) is 11.8. The monoisotopic (exact) mass is 446 g/mol. The third-order valence-corrected chi connectivity index (χ3v) is 7.22. The molecule has 3 aliphatic heterocycles. The van der Waals surface area contributed by atoms with Gasteiger partial charge in [-0.2, -0.15) is 0 Å². The molecule has 7 nitrogen and oxygen atoms in total. The van der Waals surface area contributed by atoms with E-state index in [-0.39, 0.29) is 17.7 Å². The van der Waals surface area contributed by atoms with Gasteiger partial charge >= 0.3 is 0 Å². The summed E-state index contributed by atoms with van der Waals surface area (Å²) < 4.78 is 0. The molecule has 0 spiro atoms. The first-order chi connectivity index (χ1) is 16.0. The van der Waals surface area contributed by atoms with Crippen LogP contribution in [0.25, 0.3) is 0 Å². The van der Waals surface area contributed by atoms with E-state index in [0.717, 1.165) is 37.4 Å². The summed E-state index contributed by atoms with van der Waals surface area (Å²) in [4.78, 5) is 43.2. The largest absolute Gasteiger partial charge is 0.325 e. The van der Waals surface area contributed by atoms with E-state index in [2.05, 4.69) is 45.4 Å². The van der Waals surface area contributed by atoms with E-state index in [1.165, 1.54) is 25.5 Å². The van der Waals surface area contributed by atoms with E-state index < -0.39 is 0 Å². The molecule has 1 N–H and O–H groups in total. The van der Waals surface area contributed by atoms with E-state index in [9.17, 15) is 14.4 Å². The lowest BCUT2D eigenvalue weighted by Crippen LogP contribution is -2.48. The van der Waals surface area contributed by atoms with Gasteiger partial charge in [-0.25, -0.2) is 0 Å². The van der Waals surface area contributed by atoms with Crippen LogP contribution >= 0.6 is 0 Å². The van der Waals surface area contributed by atoms with Crippen molar-refractivity contribution in [3.05, 3.63) is 65.2 Å². The highest BCUT2D eigenvalue weighted by Crippen LogP contribution is 2.31. The molecule has 2 fully saturated rings. The average molecular weight is 447 g/mol. The van der Waals surface area contributed by atoms with Crippen molar-refractivity contribution < 1.29 is 14.4 Å². The third kappa shape index (κ3) is 4.30. The Bertz CT molecular complexity index is 1070. The molecule has 7 heteroatoms. The molecule has 33 heavy (non-hydrogen) atoms. The van der Waals surface area contributed by atoms with Crippen molar-refractivity contribution in [1.82, 2.24) is 14.7 Å². The lowest BCUT2D eigenvalue weighted by Gasteiger charge is -2.34. The molecule has 3 amide bonds. The SMILES string of the molecule is CN1C(=O)c2ccc(NC(=O)CN3CCCC3C3CCCN3Cc3ccccc3)cc2C1=O. The zero-order chi connectivity index (χ0) is 22.9. The molecule has 0 aromatic heterocycles. The summed E-state index contributed by atoms with van der Waals surface area (Å²) in [5, 5.41) is 2.93. The highest BCUT2D eigenvalue weighted by Gasteiger charge is 2.38. The summed E-state index contributed by atoms with van der Waals surface area (Å²) in [6.45, 7) is 3.32. The van der Waals surface area contributed by atoms with Gasteiger partial charge in [0.15, 0.2) is 0 Å². The van der Waals surface area contributed by atoms with Crippen molar-refractivity contribution >= 4 is 23.4 Å². The second-order valence-electron chi connectivity index (χ2n) is 9.32. The van der Waals surface area contributed by atoms with Crippen LogP contribution in [0.5, 0.6) is 0 Å². The normalized spacial score (nSPS) is 23.4. The number of imide groups is 1. The molecule has 2 atom stereocenters. The number of likely N-dealkylation sites (tertiary alicyclic amines) is 2. The van der Waals surface area contributed by atoms with Gasteiger partial charge in [-0.15, -0.1) is 0 Å². The quantitative estimate of drug-likeness (QED) is 0.691. The number of carbonyl (C=O) groups is 3. The van der Waals surface area contributed by atoms with Gasteiger partial charge in [0.05, 0.1) is 17.7 Å². The van der Waals surface area contributed by atoms with Crippen LogP contribution in [0.4, 0.5) is 5.69 Å². The van der Waals surface area contributed by atoms with Gasteiger partial charge in [-0.1, -0.05) is 30.3 Å².